The van der Waals surface area contributed by atoms with Crippen LogP contribution in [0.3, 0.4) is 0 Å². The highest BCUT2D eigenvalue weighted by atomic mass is 16.6. The Morgan fingerprint density at radius 3 is 3.06 bits per heavy atom. The van der Waals surface area contributed by atoms with Crippen molar-refractivity contribution in [2.75, 3.05) is 7.11 Å². The van der Waals surface area contributed by atoms with Crippen molar-refractivity contribution in [1.82, 2.24) is 0 Å². The number of aliphatic hydroxyl groups is 2. The number of hydrogen-bond acceptors (Lipinski definition) is 3. The Balaban J connectivity index is 2.16. The van der Waals surface area contributed by atoms with E-state index in [0.717, 1.165) is 24.0 Å². The number of rotatable bonds is 3. The maximum Gasteiger partial charge on any atom is 0.174 e. The third-order valence-corrected chi connectivity index (χ3v) is 2.91. The van der Waals surface area contributed by atoms with E-state index < -0.39 is 6.29 Å². The van der Waals surface area contributed by atoms with Crippen LogP contribution in [0.2, 0.25) is 0 Å². The lowest BCUT2D eigenvalue weighted by atomic mass is 10.1. The molecule has 2 unspecified atom stereocenters. The highest BCUT2D eigenvalue weighted by Gasteiger charge is 2.19. The summed E-state index contributed by atoms with van der Waals surface area (Å²) in [5.41, 5.74) is 3.25. The Hall–Kier alpha value is -1.16. The molecule has 0 aliphatic heterocycles. The molecule has 0 bridgehead atoms. The quantitative estimate of drug-likeness (QED) is 0.761. The SMILES string of the molecule is COC(O)/C=C/c1ccc2c(c1)CCC2O. The molecule has 1 aliphatic rings. The molecule has 0 aromatic heterocycles. The molecule has 0 spiro atoms. The topological polar surface area (TPSA) is 49.7 Å². The fraction of sp³-hybridized carbons (Fsp3) is 0.385. The summed E-state index contributed by atoms with van der Waals surface area (Å²) in [5, 5.41) is 18.9. The van der Waals surface area contributed by atoms with Crippen molar-refractivity contribution in [3.63, 3.8) is 0 Å². The molecular weight excluding hydrogens is 204 g/mol. The van der Waals surface area contributed by atoms with Crippen LogP contribution in [0.4, 0.5) is 0 Å². The molecule has 86 valence electrons. The van der Waals surface area contributed by atoms with E-state index in [1.807, 2.05) is 24.3 Å². The summed E-state index contributed by atoms with van der Waals surface area (Å²) in [6.07, 6.45) is 3.97. The first kappa shape index (κ1) is 11.3. The minimum atomic E-state index is -0.862. The largest absolute Gasteiger partial charge is 0.388 e. The van der Waals surface area contributed by atoms with Crippen LogP contribution in [0.15, 0.2) is 24.3 Å². The van der Waals surface area contributed by atoms with E-state index in [-0.39, 0.29) is 6.10 Å². The van der Waals surface area contributed by atoms with Gasteiger partial charge in [-0.05, 0) is 35.6 Å². The van der Waals surface area contributed by atoms with Crippen LogP contribution in [-0.2, 0) is 11.2 Å². The molecule has 2 rings (SSSR count). The third-order valence-electron chi connectivity index (χ3n) is 2.91. The van der Waals surface area contributed by atoms with Gasteiger partial charge in [-0.15, -0.1) is 0 Å². The number of methoxy groups -OCH3 is 1. The molecule has 3 heteroatoms. The Bertz CT molecular complexity index is 398. The first-order valence-electron chi connectivity index (χ1n) is 5.40. The molecule has 1 aromatic carbocycles. The summed E-state index contributed by atoms with van der Waals surface area (Å²) in [5.74, 6) is 0. The van der Waals surface area contributed by atoms with Gasteiger partial charge >= 0.3 is 0 Å². The minimum Gasteiger partial charge on any atom is -0.388 e. The molecule has 16 heavy (non-hydrogen) atoms. The van der Waals surface area contributed by atoms with Gasteiger partial charge in [0.1, 0.15) is 0 Å². The van der Waals surface area contributed by atoms with Gasteiger partial charge in [-0.2, -0.15) is 0 Å². The van der Waals surface area contributed by atoms with Crippen LogP contribution in [0, 0.1) is 0 Å². The number of aryl methyl sites for hydroxylation is 1. The molecule has 0 saturated carbocycles. The van der Waals surface area contributed by atoms with Gasteiger partial charge in [0.05, 0.1) is 6.10 Å². The predicted molar refractivity (Wildman–Crippen MR) is 61.8 cm³/mol. The van der Waals surface area contributed by atoms with Crippen molar-refractivity contribution < 1.29 is 14.9 Å². The van der Waals surface area contributed by atoms with Gasteiger partial charge in [-0.1, -0.05) is 24.3 Å². The minimum absolute atomic E-state index is 0.308. The molecule has 2 atom stereocenters. The van der Waals surface area contributed by atoms with E-state index in [0.29, 0.717) is 0 Å². The Morgan fingerprint density at radius 1 is 1.50 bits per heavy atom. The van der Waals surface area contributed by atoms with Crippen molar-refractivity contribution in [3.05, 3.63) is 41.0 Å². The molecule has 0 saturated heterocycles. The van der Waals surface area contributed by atoms with Crippen molar-refractivity contribution in [2.24, 2.45) is 0 Å². The molecule has 3 nitrogen and oxygen atoms in total. The molecule has 1 aliphatic carbocycles. The lowest BCUT2D eigenvalue weighted by molar-refractivity contribution is -0.0350. The van der Waals surface area contributed by atoms with Gasteiger partial charge in [0, 0.05) is 7.11 Å². The number of ether oxygens (including phenoxy) is 1. The van der Waals surface area contributed by atoms with Gasteiger partial charge in [0.25, 0.3) is 0 Å². The summed E-state index contributed by atoms with van der Waals surface area (Å²) in [4.78, 5) is 0. The maximum atomic E-state index is 9.65. The van der Waals surface area contributed by atoms with Crippen molar-refractivity contribution in [1.29, 1.82) is 0 Å². The Kier molecular flexibility index (Phi) is 3.39. The van der Waals surface area contributed by atoms with Crippen molar-refractivity contribution in [3.8, 4) is 0 Å². The monoisotopic (exact) mass is 220 g/mol. The van der Waals surface area contributed by atoms with Crippen LogP contribution >= 0.6 is 0 Å². The van der Waals surface area contributed by atoms with E-state index in [1.165, 1.54) is 12.7 Å². The summed E-state index contributed by atoms with van der Waals surface area (Å²) in [6.45, 7) is 0. The second kappa shape index (κ2) is 4.78. The normalized spacial score (nSPS) is 21.3. The van der Waals surface area contributed by atoms with Crippen LogP contribution in [0.5, 0.6) is 0 Å². The second-order valence-electron chi connectivity index (χ2n) is 4.00. The molecule has 1 aromatic rings. The zero-order chi connectivity index (χ0) is 11.5. The third kappa shape index (κ3) is 2.32. The first-order chi connectivity index (χ1) is 7.70. The van der Waals surface area contributed by atoms with Crippen molar-refractivity contribution in [2.45, 2.75) is 25.2 Å². The zero-order valence-electron chi connectivity index (χ0n) is 9.26. The average Bonchev–Trinajstić information content (AvgIpc) is 2.67. The summed E-state index contributed by atoms with van der Waals surface area (Å²) < 4.78 is 4.71. The molecule has 0 heterocycles. The van der Waals surface area contributed by atoms with Gasteiger partial charge in [0.2, 0.25) is 0 Å². The molecule has 0 fully saturated rings. The zero-order valence-corrected chi connectivity index (χ0v) is 9.26. The average molecular weight is 220 g/mol. The van der Waals surface area contributed by atoms with E-state index in [4.69, 9.17) is 4.74 Å². The highest BCUT2D eigenvalue weighted by molar-refractivity contribution is 5.53. The molecule has 0 radical (unpaired) electrons. The lowest BCUT2D eigenvalue weighted by Crippen LogP contribution is -2.03. The van der Waals surface area contributed by atoms with Gasteiger partial charge < -0.3 is 14.9 Å². The number of hydrogen-bond donors (Lipinski definition) is 2. The number of aliphatic hydroxyl groups excluding tert-OH is 2. The van der Waals surface area contributed by atoms with Crippen molar-refractivity contribution >= 4 is 6.08 Å². The van der Waals surface area contributed by atoms with E-state index in [2.05, 4.69) is 0 Å². The van der Waals surface area contributed by atoms with Crippen LogP contribution in [0.1, 0.15) is 29.2 Å². The molecular formula is C13H16O3. The summed E-state index contributed by atoms with van der Waals surface area (Å²) in [6, 6.07) is 5.93. The van der Waals surface area contributed by atoms with Crippen LogP contribution < -0.4 is 0 Å². The summed E-state index contributed by atoms with van der Waals surface area (Å²) >= 11 is 0. The first-order valence-corrected chi connectivity index (χ1v) is 5.40. The maximum absolute atomic E-state index is 9.65. The van der Waals surface area contributed by atoms with Gasteiger partial charge in [-0.25, -0.2) is 0 Å². The van der Waals surface area contributed by atoms with E-state index >= 15 is 0 Å². The van der Waals surface area contributed by atoms with Gasteiger partial charge in [-0.3, -0.25) is 0 Å². The fourth-order valence-electron chi connectivity index (χ4n) is 1.99. The molecule has 0 amide bonds. The fourth-order valence-corrected chi connectivity index (χ4v) is 1.99. The number of fused-ring (bicyclic) bond motifs is 1. The van der Waals surface area contributed by atoms with E-state index in [9.17, 15) is 10.2 Å². The second-order valence-corrected chi connectivity index (χ2v) is 4.00. The number of benzene rings is 1. The molecule has 2 N–H and O–H groups in total. The van der Waals surface area contributed by atoms with E-state index in [1.54, 1.807) is 6.08 Å². The smallest absolute Gasteiger partial charge is 0.174 e. The standard InChI is InChI=1S/C13H16O3/c1-16-13(15)7-3-9-2-5-11-10(8-9)4-6-12(11)14/h2-3,5,7-8,12-15H,4,6H2,1H3/b7-3+. The lowest BCUT2D eigenvalue weighted by Gasteiger charge is -2.05. The van der Waals surface area contributed by atoms with Crippen LogP contribution in [0.25, 0.3) is 6.08 Å². The van der Waals surface area contributed by atoms with Crippen LogP contribution in [-0.4, -0.2) is 23.6 Å². The Labute approximate surface area is 95.0 Å². The Morgan fingerprint density at radius 2 is 2.31 bits per heavy atom. The van der Waals surface area contributed by atoms with Gasteiger partial charge in [0.15, 0.2) is 6.29 Å². The highest BCUT2D eigenvalue weighted by Crippen LogP contribution is 2.31. The summed E-state index contributed by atoms with van der Waals surface area (Å²) in [7, 11) is 1.45. The predicted octanol–water partition coefficient (Wildman–Crippen LogP) is 1.64.